The molecule has 0 heterocycles. The van der Waals surface area contributed by atoms with Crippen LogP contribution in [-0.2, 0) is 0 Å². The summed E-state index contributed by atoms with van der Waals surface area (Å²) in [7, 11) is 0. The predicted octanol–water partition coefficient (Wildman–Crippen LogP) is 19.3. The molecule has 0 aromatic heterocycles. The Balaban J connectivity index is -0.0000000542. The summed E-state index contributed by atoms with van der Waals surface area (Å²) in [5, 5.41) is 0. The molecule has 0 aromatic carbocycles. The summed E-state index contributed by atoms with van der Waals surface area (Å²) < 4.78 is 35.5. The molecule has 0 radical (unpaired) electrons. The van der Waals surface area contributed by atoms with Crippen molar-refractivity contribution in [2.75, 3.05) is 0 Å². The first kappa shape index (κ1) is 71.2. The van der Waals surface area contributed by atoms with Crippen molar-refractivity contribution >= 4 is 0 Å². The van der Waals surface area contributed by atoms with E-state index in [9.17, 15) is 13.2 Å². The van der Waals surface area contributed by atoms with E-state index in [0.29, 0.717) is 0 Å². The highest BCUT2D eigenvalue weighted by atomic mass is 19.3. The molecule has 0 aromatic rings. The van der Waals surface area contributed by atoms with Gasteiger partial charge < -0.3 is 0 Å². The van der Waals surface area contributed by atoms with Crippen molar-refractivity contribution in [3.05, 3.63) is 0 Å². The Morgan fingerprint density at radius 3 is 0.680 bits per heavy atom. The minimum absolute atomic E-state index is 0. The third-order valence-corrected chi connectivity index (χ3v) is 6.86. The molecule has 1 unspecified atom stereocenters. The molecule has 0 bridgehead atoms. The Hall–Kier alpha value is -0.210. The van der Waals surface area contributed by atoms with Gasteiger partial charge in [-0.15, -0.1) is 0 Å². The van der Waals surface area contributed by atoms with Crippen molar-refractivity contribution in [1.29, 1.82) is 0 Å². The molecule has 0 aliphatic heterocycles. The first-order valence-electron chi connectivity index (χ1n) is 21.0. The molecule has 0 N–H and O–H groups in total. The SMILES string of the molecule is C.CC(C)C.CC(C)C.CC(C)C(C)(F)F.CC(C)C(C)F.CC(C)C1CC1.CCC(C)C.CCC(C)C.CCCC(C)C.CCCC(C)C. The fourth-order valence-corrected chi connectivity index (χ4v) is 1.92. The van der Waals surface area contributed by atoms with Crippen molar-refractivity contribution in [3.63, 3.8) is 0 Å². The van der Waals surface area contributed by atoms with E-state index >= 15 is 0 Å². The van der Waals surface area contributed by atoms with Gasteiger partial charge in [0.15, 0.2) is 0 Å². The highest BCUT2D eigenvalue weighted by Crippen LogP contribution is 2.35. The predicted molar refractivity (Wildman–Crippen MR) is 236 cm³/mol. The monoisotopic (exact) mass is 731 g/mol. The van der Waals surface area contributed by atoms with Gasteiger partial charge in [0.05, 0.1) is 6.17 Å². The van der Waals surface area contributed by atoms with Gasteiger partial charge in [-0.25, -0.2) is 13.2 Å². The van der Waals surface area contributed by atoms with Crippen molar-refractivity contribution in [2.45, 2.75) is 251 Å². The molecular weight excluding hydrogens is 622 g/mol. The van der Waals surface area contributed by atoms with Gasteiger partial charge in [0.25, 0.3) is 0 Å². The van der Waals surface area contributed by atoms with E-state index in [0.717, 1.165) is 54.3 Å². The van der Waals surface area contributed by atoms with E-state index in [-0.39, 0.29) is 13.3 Å². The lowest BCUT2D eigenvalue weighted by molar-refractivity contribution is -0.0251. The van der Waals surface area contributed by atoms with Crippen molar-refractivity contribution in [2.24, 2.45) is 59.2 Å². The zero-order chi connectivity index (χ0) is 41.5. The second kappa shape index (κ2) is 50.9. The smallest absolute Gasteiger partial charge is 0.247 e. The molecule has 0 saturated heterocycles. The van der Waals surface area contributed by atoms with E-state index in [1.807, 2.05) is 13.8 Å². The number of hydrogen-bond acceptors (Lipinski definition) is 0. The molecule has 0 amide bonds. The van der Waals surface area contributed by atoms with Gasteiger partial charge in [0.2, 0.25) is 5.92 Å². The molecule has 1 aliphatic carbocycles. The minimum atomic E-state index is -2.50. The molecule has 3 heteroatoms. The van der Waals surface area contributed by atoms with Gasteiger partial charge in [-0.05, 0) is 80.0 Å². The zero-order valence-corrected chi connectivity index (χ0v) is 39.6. The summed E-state index contributed by atoms with van der Waals surface area (Å²) >= 11 is 0. The van der Waals surface area contributed by atoms with Crippen molar-refractivity contribution in [1.82, 2.24) is 0 Å². The summed E-state index contributed by atoms with van der Waals surface area (Å²) in [6.45, 7) is 53.6. The average molecular weight is 731 g/mol. The molecule has 318 valence electrons. The van der Waals surface area contributed by atoms with Crippen molar-refractivity contribution in [3.8, 4) is 0 Å². The molecule has 0 spiro atoms. The molecule has 50 heavy (non-hydrogen) atoms. The van der Waals surface area contributed by atoms with Gasteiger partial charge in [-0.2, -0.15) is 0 Å². The highest BCUT2D eigenvalue weighted by molar-refractivity contribution is 4.75. The van der Waals surface area contributed by atoms with E-state index in [2.05, 4.69) is 138 Å². The summed E-state index contributed by atoms with van der Waals surface area (Å²) in [6.07, 6.45) is 10.4. The van der Waals surface area contributed by atoms with Crippen LogP contribution in [0, 0.1) is 59.2 Å². The molecule has 1 saturated carbocycles. The number of alkyl halides is 3. The Morgan fingerprint density at radius 2 is 0.680 bits per heavy atom. The molecular formula is C47H109F3. The maximum Gasteiger partial charge on any atom is 0.247 e. The van der Waals surface area contributed by atoms with Crippen LogP contribution in [0.2, 0.25) is 0 Å². The van der Waals surface area contributed by atoms with Gasteiger partial charge >= 0.3 is 0 Å². The van der Waals surface area contributed by atoms with E-state index in [1.165, 1.54) is 65.2 Å². The first-order chi connectivity index (χ1) is 21.9. The van der Waals surface area contributed by atoms with Crippen LogP contribution in [0.3, 0.4) is 0 Å². The Kier molecular flexibility index (Phi) is 72.5. The van der Waals surface area contributed by atoms with Crippen LogP contribution in [0.5, 0.6) is 0 Å². The van der Waals surface area contributed by atoms with Crippen LogP contribution < -0.4 is 0 Å². The lowest BCUT2D eigenvalue weighted by Gasteiger charge is -2.12. The van der Waals surface area contributed by atoms with Crippen LogP contribution in [0.15, 0.2) is 0 Å². The van der Waals surface area contributed by atoms with Crippen LogP contribution in [0.25, 0.3) is 0 Å². The van der Waals surface area contributed by atoms with Crippen molar-refractivity contribution < 1.29 is 13.2 Å². The first-order valence-corrected chi connectivity index (χ1v) is 21.0. The number of halogens is 3. The Labute approximate surface area is 322 Å². The molecule has 1 atom stereocenters. The summed E-state index contributed by atoms with van der Waals surface area (Å²) in [5.41, 5.74) is 0. The quantitative estimate of drug-likeness (QED) is 0.222. The van der Waals surface area contributed by atoms with Crippen LogP contribution in [0.4, 0.5) is 13.2 Å². The normalized spacial score (nSPS) is 12.1. The zero-order valence-electron chi connectivity index (χ0n) is 39.6. The molecule has 0 nitrogen and oxygen atoms in total. The van der Waals surface area contributed by atoms with E-state index in [4.69, 9.17) is 0 Å². The van der Waals surface area contributed by atoms with E-state index in [1.54, 1.807) is 6.92 Å². The lowest BCUT2D eigenvalue weighted by Crippen LogP contribution is -2.17. The van der Waals surface area contributed by atoms with Gasteiger partial charge in [0.1, 0.15) is 0 Å². The molecule has 1 aliphatic rings. The summed E-state index contributed by atoms with van der Waals surface area (Å²) in [5.74, 6) is 4.45. The largest absolute Gasteiger partial charge is 0.248 e. The van der Waals surface area contributed by atoms with Gasteiger partial charge in [-0.1, -0.05) is 212 Å². The lowest BCUT2D eigenvalue weighted by atomic mass is 10.1. The number of rotatable bonds is 9. The Morgan fingerprint density at radius 1 is 0.500 bits per heavy atom. The van der Waals surface area contributed by atoms with Crippen LogP contribution >= 0.6 is 0 Å². The minimum Gasteiger partial charge on any atom is -0.248 e. The fraction of sp³-hybridized carbons (Fsp3) is 1.00. The summed E-state index contributed by atoms with van der Waals surface area (Å²) in [4.78, 5) is 0. The molecule has 1 fully saturated rings. The maximum absolute atomic E-state index is 11.8. The average Bonchev–Trinajstić information content (AvgIpc) is 3.75. The van der Waals surface area contributed by atoms with Crippen LogP contribution in [0.1, 0.15) is 239 Å². The standard InChI is InChI=1S/C6H12.2C6H14.C5H10F2.C5H11F.2C5H12.2C4H10.CH4/c1-5(2)6-3-4-6;2*1-4-5-6(2)3;1-4(2)5(3,6)7;1-4(2)5(3)6;2*1-4-5(2)3;2*1-4(2)3;/h5-6H,3-4H2,1-2H3;2*6H,4-5H2,1-3H3;4H,1-3H3;4-5H,1-3H3;2*5H,4H2,1-3H3;2*4H,1-3H3;1H4. The number of hydrogen-bond donors (Lipinski definition) is 0. The highest BCUT2D eigenvalue weighted by Gasteiger charge is 2.25. The summed E-state index contributed by atoms with van der Waals surface area (Å²) in [6, 6.07) is 0. The second-order valence-corrected chi connectivity index (χ2v) is 18.0. The van der Waals surface area contributed by atoms with Gasteiger partial charge in [0, 0.05) is 5.92 Å². The topological polar surface area (TPSA) is 0 Å². The third kappa shape index (κ3) is 146. The maximum atomic E-state index is 11.8. The Bertz CT molecular complexity index is 461. The second-order valence-electron chi connectivity index (χ2n) is 18.0. The van der Waals surface area contributed by atoms with E-state index < -0.39 is 18.0 Å². The van der Waals surface area contributed by atoms with Crippen LogP contribution in [-0.4, -0.2) is 12.1 Å². The molecule has 1 rings (SSSR count). The third-order valence-electron chi connectivity index (χ3n) is 6.86. The van der Waals surface area contributed by atoms with Gasteiger partial charge in [-0.3, -0.25) is 0 Å². The fourth-order valence-electron chi connectivity index (χ4n) is 1.92.